The lowest BCUT2D eigenvalue weighted by Gasteiger charge is -2.39. The molecular formula is C14H28N2. The fourth-order valence-corrected chi connectivity index (χ4v) is 3.49. The van der Waals surface area contributed by atoms with Gasteiger partial charge in [-0.1, -0.05) is 32.1 Å². The van der Waals surface area contributed by atoms with Crippen molar-refractivity contribution in [1.82, 2.24) is 5.32 Å². The Kier molecular flexibility index (Phi) is 3.91. The van der Waals surface area contributed by atoms with Crippen LogP contribution in [0.15, 0.2) is 0 Å². The molecule has 2 saturated carbocycles. The molecule has 2 nitrogen and oxygen atoms in total. The van der Waals surface area contributed by atoms with Crippen LogP contribution in [0.5, 0.6) is 0 Å². The first kappa shape index (κ1) is 12.4. The molecule has 2 aliphatic carbocycles. The standard InChI is InChI=1S/C14H28N2/c1-13(7-5-6-8-13)16-12-14(11-15)9-3-2-4-10-14/h16H,2-12,15H2,1H3. The summed E-state index contributed by atoms with van der Waals surface area (Å²) in [6.07, 6.45) is 12.4. The van der Waals surface area contributed by atoms with Gasteiger partial charge in [0.2, 0.25) is 0 Å². The molecule has 0 bridgehead atoms. The molecule has 0 aromatic rings. The highest BCUT2D eigenvalue weighted by Gasteiger charge is 2.34. The van der Waals surface area contributed by atoms with E-state index in [1.807, 2.05) is 0 Å². The van der Waals surface area contributed by atoms with Gasteiger partial charge >= 0.3 is 0 Å². The van der Waals surface area contributed by atoms with Gasteiger partial charge in [0.1, 0.15) is 0 Å². The topological polar surface area (TPSA) is 38.0 Å². The summed E-state index contributed by atoms with van der Waals surface area (Å²) in [5.41, 5.74) is 6.86. The van der Waals surface area contributed by atoms with E-state index in [2.05, 4.69) is 12.2 Å². The maximum atomic E-state index is 6.03. The molecule has 3 N–H and O–H groups in total. The second-order valence-electron chi connectivity index (χ2n) is 6.39. The van der Waals surface area contributed by atoms with Crippen molar-refractivity contribution in [2.75, 3.05) is 13.1 Å². The third-order valence-corrected chi connectivity index (χ3v) is 4.94. The van der Waals surface area contributed by atoms with E-state index in [1.165, 1.54) is 57.8 Å². The summed E-state index contributed by atoms with van der Waals surface area (Å²) in [7, 11) is 0. The second kappa shape index (κ2) is 5.05. The Hall–Kier alpha value is -0.0800. The maximum Gasteiger partial charge on any atom is 0.0153 e. The number of nitrogens with one attached hydrogen (secondary N) is 1. The van der Waals surface area contributed by atoms with Gasteiger partial charge in [-0.25, -0.2) is 0 Å². The van der Waals surface area contributed by atoms with Crippen molar-refractivity contribution >= 4 is 0 Å². The van der Waals surface area contributed by atoms with Crippen LogP contribution in [0.1, 0.15) is 64.7 Å². The van der Waals surface area contributed by atoms with Gasteiger partial charge in [0.15, 0.2) is 0 Å². The summed E-state index contributed by atoms with van der Waals surface area (Å²) in [6, 6.07) is 0. The minimum Gasteiger partial charge on any atom is -0.330 e. The van der Waals surface area contributed by atoms with Gasteiger partial charge in [-0.2, -0.15) is 0 Å². The van der Waals surface area contributed by atoms with E-state index in [0.717, 1.165) is 13.1 Å². The molecule has 0 aromatic heterocycles. The Morgan fingerprint density at radius 1 is 0.938 bits per heavy atom. The number of hydrogen-bond acceptors (Lipinski definition) is 2. The minimum atomic E-state index is 0.416. The fourth-order valence-electron chi connectivity index (χ4n) is 3.49. The van der Waals surface area contributed by atoms with Crippen LogP contribution in [-0.4, -0.2) is 18.6 Å². The lowest BCUT2D eigenvalue weighted by atomic mass is 9.73. The molecule has 16 heavy (non-hydrogen) atoms. The summed E-state index contributed by atoms with van der Waals surface area (Å²) in [5.74, 6) is 0. The van der Waals surface area contributed by atoms with Gasteiger partial charge in [-0.05, 0) is 44.6 Å². The molecule has 0 heterocycles. The Bertz CT molecular complexity index is 213. The summed E-state index contributed by atoms with van der Waals surface area (Å²) >= 11 is 0. The van der Waals surface area contributed by atoms with E-state index in [4.69, 9.17) is 5.73 Å². The minimum absolute atomic E-state index is 0.416. The van der Waals surface area contributed by atoms with Crippen molar-refractivity contribution in [1.29, 1.82) is 0 Å². The van der Waals surface area contributed by atoms with Crippen LogP contribution in [0.2, 0.25) is 0 Å². The summed E-state index contributed by atoms with van der Waals surface area (Å²) in [6.45, 7) is 4.42. The lowest BCUT2D eigenvalue weighted by Crippen LogP contribution is -2.49. The first-order valence-corrected chi connectivity index (χ1v) is 7.13. The van der Waals surface area contributed by atoms with Gasteiger partial charge in [0.25, 0.3) is 0 Å². The molecule has 0 saturated heterocycles. The highest BCUT2D eigenvalue weighted by molar-refractivity contribution is 4.93. The molecule has 0 aliphatic heterocycles. The van der Waals surface area contributed by atoms with Crippen molar-refractivity contribution in [3.8, 4) is 0 Å². The first-order valence-electron chi connectivity index (χ1n) is 7.13. The van der Waals surface area contributed by atoms with Crippen LogP contribution in [0.25, 0.3) is 0 Å². The fraction of sp³-hybridized carbons (Fsp3) is 1.00. The lowest BCUT2D eigenvalue weighted by molar-refractivity contribution is 0.169. The van der Waals surface area contributed by atoms with Crippen molar-refractivity contribution in [3.63, 3.8) is 0 Å². The van der Waals surface area contributed by atoms with Crippen molar-refractivity contribution in [3.05, 3.63) is 0 Å². The Labute approximate surface area is 100 Å². The predicted octanol–water partition coefficient (Wildman–Crippen LogP) is 2.82. The average molecular weight is 224 g/mol. The van der Waals surface area contributed by atoms with E-state index >= 15 is 0 Å². The highest BCUT2D eigenvalue weighted by Crippen LogP contribution is 2.36. The molecule has 0 atom stereocenters. The predicted molar refractivity (Wildman–Crippen MR) is 69.4 cm³/mol. The quantitative estimate of drug-likeness (QED) is 0.770. The van der Waals surface area contributed by atoms with Gasteiger partial charge in [-0.3, -0.25) is 0 Å². The summed E-state index contributed by atoms with van der Waals surface area (Å²) in [5, 5.41) is 3.84. The molecule has 0 amide bonds. The van der Waals surface area contributed by atoms with Crippen molar-refractivity contribution < 1.29 is 0 Å². The molecule has 0 radical (unpaired) electrons. The van der Waals surface area contributed by atoms with Crippen LogP contribution in [0.3, 0.4) is 0 Å². The van der Waals surface area contributed by atoms with E-state index < -0.39 is 0 Å². The van der Waals surface area contributed by atoms with Gasteiger partial charge in [-0.15, -0.1) is 0 Å². The second-order valence-corrected chi connectivity index (χ2v) is 6.39. The molecule has 0 unspecified atom stereocenters. The van der Waals surface area contributed by atoms with Crippen molar-refractivity contribution in [2.24, 2.45) is 11.1 Å². The maximum absolute atomic E-state index is 6.03. The highest BCUT2D eigenvalue weighted by atomic mass is 15.0. The van der Waals surface area contributed by atoms with Crippen LogP contribution in [-0.2, 0) is 0 Å². The molecule has 94 valence electrons. The SMILES string of the molecule is CC1(NCC2(CN)CCCCC2)CCCC1. The number of nitrogens with two attached hydrogens (primary N) is 1. The van der Waals surface area contributed by atoms with Crippen LogP contribution >= 0.6 is 0 Å². The van der Waals surface area contributed by atoms with E-state index in [-0.39, 0.29) is 0 Å². The van der Waals surface area contributed by atoms with Crippen LogP contribution < -0.4 is 11.1 Å². The summed E-state index contributed by atoms with van der Waals surface area (Å²) < 4.78 is 0. The zero-order chi connectivity index (χ0) is 11.5. The smallest absolute Gasteiger partial charge is 0.0153 e. The Morgan fingerprint density at radius 2 is 1.50 bits per heavy atom. The third-order valence-electron chi connectivity index (χ3n) is 4.94. The zero-order valence-corrected chi connectivity index (χ0v) is 10.9. The van der Waals surface area contributed by atoms with Crippen LogP contribution in [0, 0.1) is 5.41 Å². The van der Waals surface area contributed by atoms with Gasteiger partial charge < -0.3 is 11.1 Å². The van der Waals surface area contributed by atoms with Crippen molar-refractivity contribution in [2.45, 2.75) is 70.3 Å². The molecule has 2 fully saturated rings. The monoisotopic (exact) mass is 224 g/mol. The number of rotatable bonds is 4. The summed E-state index contributed by atoms with van der Waals surface area (Å²) in [4.78, 5) is 0. The molecule has 0 aromatic carbocycles. The van der Waals surface area contributed by atoms with Gasteiger partial charge in [0.05, 0.1) is 0 Å². The average Bonchev–Trinajstić information content (AvgIpc) is 2.76. The zero-order valence-electron chi connectivity index (χ0n) is 10.9. The molecule has 2 rings (SSSR count). The Balaban J connectivity index is 1.86. The van der Waals surface area contributed by atoms with Crippen LogP contribution in [0.4, 0.5) is 0 Å². The largest absolute Gasteiger partial charge is 0.330 e. The molecule has 0 spiro atoms. The van der Waals surface area contributed by atoms with E-state index in [9.17, 15) is 0 Å². The third kappa shape index (κ3) is 2.78. The van der Waals surface area contributed by atoms with E-state index in [0.29, 0.717) is 11.0 Å². The molecule has 2 heteroatoms. The van der Waals surface area contributed by atoms with E-state index in [1.54, 1.807) is 0 Å². The first-order chi connectivity index (χ1) is 7.68. The molecular weight excluding hydrogens is 196 g/mol. The normalized spacial score (nSPS) is 28.1. The number of hydrogen-bond donors (Lipinski definition) is 2. The molecule has 2 aliphatic rings. The Morgan fingerprint density at radius 3 is 2.06 bits per heavy atom. The van der Waals surface area contributed by atoms with Gasteiger partial charge in [0, 0.05) is 12.1 Å².